The van der Waals surface area contributed by atoms with E-state index >= 15 is 0 Å². The first-order valence-corrected chi connectivity index (χ1v) is 9.63. The van der Waals surface area contributed by atoms with Crippen LogP contribution in [0.3, 0.4) is 0 Å². The first kappa shape index (κ1) is 21.2. The summed E-state index contributed by atoms with van der Waals surface area (Å²) in [5.74, 6) is -1.04. The Morgan fingerprint density at radius 1 is 1.13 bits per heavy atom. The number of benzene rings is 1. The first-order chi connectivity index (χ1) is 14.2. The van der Waals surface area contributed by atoms with Gasteiger partial charge in [-0.15, -0.1) is 0 Å². The second kappa shape index (κ2) is 8.86. The van der Waals surface area contributed by atoms with Gasteiger partial charge in [0, 0.05) is 35.1 Å². The molecule has 0 aliphatic heterocycles. The molecule has 2 aromatic heterocycles. The Hall–Kier alpha value is -3.55. The Morgan fingerprint density at radius 3 is 2.63 bits per heavy atom. The van der Waals surface area contributed by atoms with Crippen molar-refractivity contribution < 1.29 is 19.1 Å². The number of carbonyl (C=O) groups is 3. The summed E-state index contributed by atoms with van der Waals surface area (Å²) < 4.78 is 6.86. The molecule has 1 amide bonds. The number of aryl methyl sites for hydroxylation is 3. The van der Waals surface area contributed by atoms with E-state index in [1.54, 1.807) is 28.8 Å². The number of hydrogen-bond acceptors (Lipinski definition) is 6. The fourth-order valence-electron chi connectivity index (χ4n) is 3.26. The predicted octanol–water partition coefficient (Wildman–Crippen LogP) is 2.97. The van der Waals surface area contributed by atoms with Gasteiger partial charge < -0.3 is 10.1 Å². The van der Waals surface area contributed by atoms with Gasteiger partial charge in [-0.2, -0.15) is 5.10 Å². The van der Waals surface area contributed by atoms with Crippen LogP contribution in [0.25, 0.3) is 5.65 Å². The van der Waals surface area contributed by atoms with Crippen molar-refractivity contribution in [2.24, 2.45) is 0 Å². The summed E-state index contributed by atoms with van der Waals surface area (Å²) in [6.45, 7) is 6.81. The summed E-state index contributed by atoms with van der Waals surface area (Å²) in [4.78, 5) is 40.1. The van der Waals surface area contributed by atoms with Crippen LogP contribution in [0.5, 0.6) is 0 Å². The summed E-state index contributed by atoms with van der Waals surface area (Å²) in [5.41, 5.74) is 5.34. The molecule has 2 heterocycles. The Bertz CT molecular complexity index is 1130. The lowest BCUT2D eigenvalue weighted by atomic mass is 10.1. The number of hydrogen-bond donors (Lipinski definition) is 1. The molecule has 3 rings (SSSR count). The molecule has 0 radical (unpaired) electrons. The first-order valence-electron chi connectivity index (χ1n) is 9.63. The van der Waals surface area contributed by atoms with Crippen molar-refractivity contribution in [3.8, 4) is 0 Å². The molecule has 1 N–H and O–H groups in total. The molecule has 0 unspecified atom stereocenters. The monoisotopic (exact) mass is 408 g/mol. The van der Waals surface area contributed by atoms with Gasteiger partial charge in [-0.1, -0.05) is 12.1 Å². The Balaban J connectivity index is 1.54. The molecule has 0 saturated carbocycles. The van der Waals surface area contributed by atoms with E-state index in [-0.39, 0.29) is 12.2 Å². The molecule has 8 heteroatoms. The standard InChI is InChI=1S/C22H24N4O4/c1-13-10-20-23-14(2)19(15(3)26(20)25-13)8-9-22(29)30-12-21(28)24-18-7-5-6-17(11-18)16(4)27/h5-7,10-11H,8-9,12H2,1-4H3,(H,24,28). The van der Waals surface area contributed by atoms with Gasteiger partial charge in [0.05, 0.1) is 5.69 Å². The highest BCUT2D eigenvalue weighted by atomic mass is 16.5. The summed E-state index contributed by atoms with van der Waals surface area (Å²) in [5, 5.41) is 7.04. The fraction of sp³-hybridized carbons (Fsp3) is 0.318. The highest BCUT2D eigenvalue weighted by molar-refractivity contribution is 5.97. The van der Waals surface area contributed by atoms with E-state index in [1.807, 2.05) is 26.8 Å². The van der Waals surface area contributed by atoms with E-state index in [1.165, 1.54) is 6.92 Å². The van der Waals surface area contributed by atoms with Crippen LogP contribution >= 0.6 is 0 Å². The normalized spacial score (nSPS) is 10.8. The number of rotatable bonds is 7. The second-order valence-electron chi connectivity index (χ2n) is 7.16. The zero-order chi connectivity index (χ0) is 21.8. The summed E-state index contributed by atoms with van der Waals surface area (Å²) in [6.07, 6.45) is 0.572. The smallest absolute Gasteiger partial charge is 0.306 e. The lowest BCUT2D eigenvalue weighted by molar-refractivity contribution is -0.147. The Kier molecular flexibility index (Phi) is 6.25. The fourth-order valence-corrected chi connectivity index (χ4v) is 3.26. The van der Waals surface area contributed by atoms with Crippen LogP contribution < -0.4 is 5.32 Å². The number of Topliss-reactive ketones (excluding diaryl/α,β-unsaturated/α-hetero) is 1. The van der Waals surface area contributed by atoms with Crippen LogP contribution in [0.2, 0.25) is 0 Å². The van der Waals surface area contributed by atoms with Gasteiger partial charge in [0.15, 0.2) is 18.0 Å². The maximum Gasteiger partial charge on any atom is 0.306 e. The molecule has 0 aliphatic rings. The third-order valence-corrected chi connectivity index (χ3v) is 4.78. The predicted molar refractivity (Wildman–Crippen MR) is 112 cm³/mol. The quantitative estimate of drug-likeness (QED) is 0.476. The number of esters is 1. The number of ketones is 1. The van der Waals surface area contributed by atoms with Crippen molar-refractivity contribution in [3.05, 3.63) is 58.5 Å². The molecule has 0 saturated heterocycles. The van der Waals surface area contributed by atoms with Crippen molar-refractivity contribution in [1.29, 1.82) is 0 Å². The third-order valence-electron chi connectivity index (χ3n) is 4.78. The van der Waals surface area contributed by atoms with E-state index in [9.17, 15) is 14.4 Å². The molecule has 3 aromatic rings. The van der Waals surface area contributed by atoms with Gasteiger partial charge >= 0.3 is 5.97 Å². The lowest BCUT2D eigenvalue weighted by Gasteiger charge is -2.11. The van der Waals surface area contributed by atoms with Crippen LogP contribution in [0, 0.1) is 20.8 Å². The summed E-state index contributed by atoms with van der Waals surface area (Å²) in [7, 11) is 0. The minimum Gasteiger partial charge on any atom is -0.456 e. The average Bonchev–Trinajstić information content (AvgIpc) is 3.06. The van der Waals surface area contributed by atoms with E-state index in [4.69, 9.17) is 4.74 Å². The Morgan fingerprint density at radius 2 is 1.90 bits per heavy atom. The van der Waals surface area contributed by atoms with Gasteiger partial charge in [-0.25, -0.2) is 9.50 Å². The molecule has 0 aliphatic carbocycles. The number of anilines is 1. The number of carbonyl (C=O) groups excluding carboxylic acids is 3. The van der Waals surface area contributed by atoms with Gasteiger partial charge in [-0.05, 0) is 51.8 Å². The van der Waals surface area contributed by atoms with Crippen molar-refractivity contribution in [3.63, 3.8) is 0 Å². The maximum absolute atomic E-state index is 12.1. The second-order valence-corrected chi connectivity index (χ2v) is 7.16. The Labute approximate surface area is 174 Å². The number of amides is 1. The minimum atomic E-state index is -0.474. The van der Waals surface area contributed by atoms with E-state index in [0.717, 1.165) is 28.3 Å². The van der Waals surface area contributed by atoms with Crippen molar-refractivity contribution in [2.75, 3.05) is 11.9 Å². The number of aromatic nitrogens is 3. The minimum absolute atomic E-state index is 0.0962. The molecular formula is C22H24N4O4. The maximum atomic E-state index is 12.1. The number of ether oxygens (including phenoxy) is 1. The molecule has 30 heavy (non-hydrogen) atoms. The zero-order valence-electron chi connectivity index (χ0n) is 17.5. The zero-order valence-corrected chi connectivity index (χ0v) is 17.5. The van der Waals surface area contributed by atoms with Crippen molar-refractivity contribution in [1.82, 2.24) is 14.6 Å². The van der Waals surface area contributed by atoms with E-state index in [2.05, 4.69) is 15.4 Å². The largest absolute Gasteiger partial charge is 0.456 e. The SMILES string of the molecule is CC(=O)c1cccc(NC(=O)COC(=O)CCc2c(C)nc3cc(C)nn3c2C)c1. The van der Waals surface area contributed by atoms with Gasteiger partial charge in [0.1, 0.15) is 0 Å². The van der Waals surface area contributed by atoms with Crippen LogP contribution in [0.15, 0.2) is 30.3 Å². The molecule has 8 nitrogen and oxygen atoms in total. The highest BCUT2D eigenvalue weighted by Crippen LogP contribution is 2.17. The number of nitrogens with zero attached hydrogens (tertiary/aromatic N) is 3. The van der Waals surface area contributed by atoms with Crippen molar-refractivity contribution >= 4 is 29.0 Å². The highest BCUT2D eigenvalue weighted by Gasteiger charge is 2.14. The van der Waals surface area contributed by atoms with E-state index in [0.29, 0.717) is 17.7 Å². The third kappa shape index (κ3) is 4.89. The van der Waals surface area contributed by atoms with E-state index < -0.39 is 18.5 Å². The molecule has 1 aromatic carbocycles. The van der Waals surface area contributed by atoms with Crippen molar-refractivity contribution in [2.45, 2.75) is 40.5 Å². The van der Waals surface area contributed by atoms with Gasteiger partial charge in [0.2, 0.25) is 0 Å². The average molecular weight is 408 g/mol. The summed E-state index contributed by atoms with van der Waals surface area (Å²) in [6, 6.07) is 8.49. The van der Waals surface area contributed by atoms with Crippen LogP contribution in [-0.4, -0.2) is 38.9 Å². The molecule has 0 atom stereocenters. The van der Waals surface area contributed by atoms with Gasteiger partial charge in [-0.3, -0.25) is 14.4 Å². The topological polar surface area (TPSA) is 103 Å². The molecule has 156 valence electrons. The lowest BCUT2D eigenvalue weighted by Crippen LogP contribution is -2.21. The van der Waals surface area contributed by atoms with Gasteiger partial charge in [0.25, 0.3) is 5.91 Å². The molecular weight excluding hydrogens is 384 g/mol. The number of fused-ring (bicyclic) bond motifs is 1. The summed E-state index contributed by atoms with van der Waals surface area (Å²) >= 11 is 0. The van der Waals surface area contributed by atoms with Crippen LogP contribution in [-0.2, 0) is 20.7 Å². The molecule has 0 spiro atoms. The number of nitrogens with one attached hydrogen (secondary N) is 1. The molecule has 0 fully saturated rings. The van der Waals surface area contributed by atoms with Crippen LogP contribution in [0.4, 0.5) is 5.69 Å². The van der Waals surface area contributed by atoms with Crippen LogP contribution in [0.1, 0.15) is 46.3 Å². The molecule has 0 bridgehead atoms.